The zero-order valence-electron chi connectivity index (χ0n) is 12.3. The Labute approximate surface area is 122 Å². The van der Waals surface area contributed by atoms with Crippen LogP contribution in [0, 0.1) is 5.92 Å². The summed E-state index contributed by atoms with van der Waals surface area (Å²) in [6, 6.07) is 0.794. The molecule has 0 saturated carbocycles. The number of hydrogen-bond acceptors (Lipinski definition) is 4. The summed E-state index contributed by atoms with van der Waals surface area (Å²) < 4.78 is 0. The molecule has 3 aliphatic rings. The molecule has 110 valence electrons. The van der Waals surface area contributed by atoms with Gasteiger partial charge in [0.1, 0.15) is 0 Å². The fraction of sp³-hybridized carbons (Fsp3) is 1.00. The molecule has 0 bridgehead atoms. The van der Waals surface area contributed by atoms with E-state index in [1.807, 2.05) is 11.8 Å². The van der Waals surface area contributed by atoms with Gasteiger partial charge in [-0.3, -0.25) is 4.90 Å². The molecule has 3 aliphatic heterocycles. The number of rotatable bonds is 4. The maximum absolute atomic E-state index is 3.57. The van der Waals surface area contributed by atoms with E-state index >= 15 is 0 Å². The van der Waals surface area contributed by atoms with Gasteiger partial charge in [-0.25, -0.2) is 0 Å². The smallest absolute Gasteiger partial charge is 0.0351 e. The van der Waals surface area contributed by atoms with Gasteiger partial charge in [-0.2, -0.15) is 11.8 Å². The summed E-state index contributed by atoms with van der Waals surface area (Å²) in [5.41, 5.74) is 0. The zero-order valence-corrected chi connectivity index (χ0v) is 13.1. The van der Waals surface area contributed by atoms with Gasteiger partial charge in [0.05, 0.1) is 0 Å². The minimum Gasteiger partial charge on any atom is -0.314 e. The van der Waals surface area contributed by atoms with Crippen molar-refractivity contribution < 1.29 is 0 Å². The molecule has 1 N–H and O–H groups in total. The molecule has 0 amide bonds. The predicted octanol–water partition coefficient (Wildman–Crippen LogP) is 1.50. The Kier molecular flexibility index (Phi) is 5.07. The predicted molar refractivity (Wildman–Crippen MR) is 83.9 cm³/mol. The van der Waals surface area contributed by atoms with Gasteiger partial charge in [-0.1, -0.05) is 0 Å². The molecular weight excluding hydrogens is 254 g/mol. The van der Waals surface area contributed by atoms with Gasteiger partial charge >= 0.3 is 0 Å². The number of thioether (sulfide) groups is 1. The normalized spacial score (nSPS) is 35.2. The van der Waals surface area contributed by atoms with Crippen LogP contribution in [-0.2, 0) is 0 Å². The molecule has 0 radical (unpaired) electrons. The van der Waals surface area contributed by atoms with E-state index in [4.69, 9.17) is 0 Å². The van der Waals surface area contributed by atoms with Crippen LogP contribution in [0.5, 0.6) is 0 Å². The van der Waals surface area contributed by atoms with Gasteiger partial charge in [0.2, 0.25) is 0 Å². The molecule has 3 saturated heterocycles. The molecule has 0 aliphatic carbocycles. The number of likely N-dealkylation sites (tertiary alicyclic amines) is 2. The van der Waals surface area contributed by atoms with Gasteiger partial charge in [-0.15, -0.1) is 0 Å². The van der Waals surface area contributed by atoms with Crippen LogP contribution in [0.3, 0.4) is 0 Å². The average Bonchev–Trinajstić information content (AvgIpc) is 3.10. The van der Waals surface area contributed by atoms with Crippen molar-refractivity contribution in [3.8, 4) is 0 Å². The van der Waals surface area contributed by atoms with Gasteiger partial charge in [0, 0.05) is 30.9 Å². The fourth-order valence-corrected chi connectivity index (χ4v) is 4.91. The Morgan fingerprint density at radius 1 is 1.05 bits per heavy atom. The molecule has 2 atom stereocenters. The molecule has 2 unspecified atom stereocenters. The molecule has 3 rings (SSSR count). The second-order valence-corrected chi connectivity index (χ2v) is 7.56. The lowest BCUT2D eigenvalue weighted by molar-refractivity contribution is 0.124. The largest absolute Gasteiger partial charge is 0.314 e. The van der Waals surface area contributed by atoms with E-state index in [1.54, 1.807) is 0 Å². The third-order valence-corrected chi connectivity index (χ3v) is 6.35. The van der Waals surface area contributed by atoms with Crippen LogP contribution in [0.25, 0.3) is 0 Å². The summed E-state index contributed by atoms with van der Waals surface area (Å²) >= 11 is 2.05. The molecule has 0 aromatic rings. The third-order valence-electron chi connectivity index (χ3n) is 5.26. The molecular formula is C15H29N3S. The lowest BCUT2D eigenvalue weighted by atomic mass is 9.95. The minimum atomic E-state index is 0.794. The monoisotopic (exact) mass is 283 g/mol. The highest BCUT2D eigenvalue weighted by Gasteiger charge is 2.33. The average molecular weight is 283 g/mol. The molecule has 4 heteroatoms. The van der Waals surface area contributed by atoms with Crippen molar-refractivity contribution in [2.75, 3.05) is 52.1 Å². The summed E-state index contributed by atoms with van der Waals surface area (Å²) in [6.07, 6.45) is 7.98. The summed E-state index contributed by atoms with van der Waals surface area (Å²) in [4.78, 5) is 5.46. The molecule has 3 nitrogen and oxygen atoms in total. The second-order valence-electron chi connectivity index (χ2n) is 6.49. The van der Waals surface area contributed by atoms with Gasteiger partial charge < -0.3 is 10.2 Å². The van der Waals surface area contributed by atoms with Crippen molar-refractivity contribution in [2.45, 2.75) is 37.0 Å². The van der Waals surface area contributed by atoms with Crippen LogP contribution in [-0.4, -0.2) is 73.2 Å². The molecule has 0 aromatic heterocycles. The van der Waals surface area contributed by atoms with E-state index in [9.17, 15) is 0 Å². The fourth-order valence-electron chi connectivity index (χ4n) is 4.04. The first kappa shape index (κ1) is 14.2. The Morgan fingerprint density at radius 3 is 2.47 bits per heavy atom. The van der Waals surface area contributed by atoms with Crippen molar-refractivity contribution in [2.24, 2.45) is 5.92 Å². The van der Waals surface area contributed by atoms with Crippen molar-refractivity contribution in [1.29, 1.82) is 0 Å². The standard InChI is InChI=1S/C15H29N3S/c1-19-15-11-16-10-14(15)18-8-4-13(5-9-18)12-17-6-2-3-7-17/h13-16H,2-12H2,1H3. The summed E-state index contributed by atoms with van der Waals surface area (Å²) in [5.74, 6) is 0.969. The quantitative estimate of drug-likeness (QED) is 0.842. The van der Waals surface area contributed by atoms with Gasteiger partial charge in [0.25, 0.3) is 0 Å². The van der Waals surface area contributed by atoms with Gasteiger partial charge in [0.15, 0.2) is 0 Å². The van der Waals surface area contributed by atoms with Crippen LogP contribution in [0.1, 0.15) is 25.7 Å². The highest BCUT2D eigenvalue weighted by Crippen LogP contribution is 2.26. The molecule has 0 aromatic carbocycles. The number of nitrogens with one attached hydrogen (secondary N) is 1. The lowest BCUT2D eigenvalue weighted by Gasteiger charge is -2.38. The van der Waals surface area contributed by atoms with Crippen molar-refractivity contribution in [1.82, 2.24) is 15.1 Å². The Balaban J connectivity index is 1.43. The summed E-state index contributed by atoms with van der Waals surface area (Å²) in [6.45, 7) is 9.19. The van der Waals surface area contributed by atoms with Crippen molar-refractivity contribution in [3.05, 3.63) is 0 Å². The highest BCUT2D eigenvalue weighted by atomic mass is 32.2. The van der Waals surface area contributed by atoms with E-state index in [1.165, 1.54) is 71.5 Å². The van der Waals surface area contributed by atoms with Crippen LogP contribution < -0.4 is 5.32 Å². The Morgan fingerprint density at radius 2 is 1.79 bits per heavy atom. The highest BCUT2D eigenvalue weighted by molar-refractivity contribution is 7.99. The van der Waals surface area contributed by atoms with E-state index < -0.39 is 0 Å². The zero-order chi connectivity index (χ0) is 13.1. The maximum Gasteiger partial charge on any atom is 0.0351 e. The number of hydrogen-bond donors (Lipinski definition) is 1. The lowest BCUT2D eigenvalue weighted by Crippen LogP contribution is -2.47. The first-order valence-electron chi connectivity index (χ1n) is 8.06. The first-order valence-corrected chi connectivity index (χ1v) is 9.35. The topological polar surface area (TPSA) is 18.5 Å². The van der Waals surface area contributed by atoms with Crippen LogP contribution >= 0.6 is 11.8 Å². The molecule has 3 heterocycles. The maximum atomic E-state index is 3.57. The Hall–Kier alpha value is 0.230. The van der Waals surface area contributed by atoms with Crippen LogP contribution in [0.15, 0.2) is 0 Å². The first-order chi connectivity index (χ1) is 9.36. The van der Waals surface area contributed by atoms with E-state index in [-0.39, 0.29) is 0 Å². The molecule has 3 fully saturated rings. The van der Waals surface area contributed by atoms with Crippen molar-refractivity contribution >= 4 is 11.8 Å². The van der Waals surface area contributed by atoms with E-state index in [2.05, 4.69) is 21.4 Å². The van der Waals surface area contributed by atoms with Crippen molar-refractivity contribution in [3.63, 3.8) is 0 Å². The molecule has 0 spiro atoms. The summed E-state index contributed by atoms with van der Waals surface area (Å²) in [7, 11) is 0. The third kappa shape index (κ3) is 3.46. The SMILES string of the molecule is CSC1CNCC1N1CCC(CN2CCCC2)CC1. The second kappa shape index (κ2) is 6.79. The number of nitrogens with zero attached hydrogens (tertiary/aromatic N) is 2. The number of piperidine rings is 1. The Bertz CT molecular complexity index is 273. The summed E-state index contributed by atoms with van der Waals surface area (Å²) in [5, 5.41) is 4.38. The van der Waals surface area contributed by atoms with Gasteiger partial charge in [-0.05, 0) is 64.0 Å². The van der Waals surface area contributed by atoms with E-state index in [0.717, 1.165) is 17.2 Å². The molecule has 19 heavy (non-hydrogen) atoms. The van der Waals surface area contributed by atoms with Crippen LogP contribution in [0.2, 0.25) is 0 Å². The van der Waals surface area contributed by atoms with E-state index in [0.29, 0.717) is 0 Å². The van der Waals surface area contributed by atoms with Crippen LogP contribution in [0.4, 0.5) is 0 Å². The minimum absolute atomic E-state index is 0.794.